The third-order valence-electron chi connectivity index (χ3n) is 3.18. The summed E-state index contributed by atoms with van der Waals surface area (Å²) >= 11 is 0. The minimum atomic E-state index is -0.297. The third-order valence-corrected chi connectivity index (χ3v) is 3.18. The van der Waals surface area contributed by atoms with Crippen molar-refractivity contribution in [3.05, 3.63) is 59.7 Å². The highest BCUT2D eigenvalue weighted by Gasteiger charge is 2.16. The first-order valence-electron chi connectivity index (χ1n) is 6.72. The molecule has 20 heavy (non-hydrogen) atoms. The van der Waals surface area contributed by atoms with Crippen molar-refractivity contribution in [1.82, 2.24) is 10.3 Å². The maximum atomic E-state index is 14.2. The molecule has 1 atom stereocenters. The van der Waals surface area contributed by atoms with E-state index < -0.39 is 0 Å². The highest BCUT2D eigenvalue weighted by Crippen LogP contribution is 2.24. The molecule has 0 radical (unpaired) electrons. The lowest BCUT2D eigenvalue weighted by molar-refractivity contribution is 0.382. The molecule has 1 aromatic heterocycles. The zero-order valence-corrected chi connectivity index (χ0v) is 11.8. The van der Waals surface area contributed by atoms with Crippen molar-refractivity contribution >= 4 is 0 Å². The molecule has 0 saturated heterocycles. The van der Waals surface area contributed by atoms with Gasteiger partial charge in [-0.1, -0.05) is 25.1 Å². The number of hydrogen-bond acceptors (Lipinski definition) is 3. The van der Waals surface area contributed by atoms with Gasteiger partial charge in [-0.2, -0.15) is 0 Å². The summed E-state index contributed by atoms with van der Waals surface area (Å²) in [5, 5.41) is 3.34. The molecule has 1 N–H and O–H groups in total. The number of hydrogen-bond donors (Lipinski definition) is 1. The number of pyridine rings is 1. The van der Waals surface area contributed by atoms with Gasteiger partial charge in [0.1, 0.15) is 0 Å². The van der Waals surface area contributed by atoms with Crippen LogP contribution in [0.1, 0.15) is 24.2 Å². The topological polar surface area (TPSA) is 34.1 Å². The second kappa shape index (κ2) is 7.01. The van der Waals surface area contributed by atoms with Crippen molar-refractivity contribution in [3.63, 3.8) is 0 Å². The van der Waals surface area contributed by atoms with Crippen LogP contribution in [-0.2, 0) is 6.42 Å². The molecule has 0 bridgehead atoms. The Kier molecular flexibility index (Phi) is 5.07. The van der Waals surface area contributed by atoms with E-state index in [-0.39, 0.29) is 17.6 Å². The van der Waals surface area contributed by atoms with Gasteiger partial charge >= 0.3 is 0 Å². The van der Waals surface area contributed by atoms with E-state index in [0.29, 0.717) is 12.0 Å². The fourth-order valence-electron chi connectivity index (χ4n) is 2.20. The Morgan fingerprint density at radius 1 is 1.25 bits per heavy atom. The molecule has 1 heterocycles. The predicted octanol–water partition coefficient (Wildman–Crippen LogP) is 3.12. The van der Waals surface area contributed by atoms with E-state index in [0.717, 1.165) is 12.2 Å². The van der Waals surface area contributed by atoms with E-state index in [1.54, 1.807) is 24.4 Å². The van der Waals surface area contributed by atoms with Crippen molar-refractivity contribution in [2.45, 2.75) is 19.4 Å². The van der Waals surface area contributed by atoms with Gasteiger partial charge in [0.15, 0.2) is 11.6 Å². The summed E-state index contributed by atoms with van der Waals surface area (Å²) in [5.74, 6) is -0.0207. The molecule has 0 amide bonds. The molecule has 1 unspecified atom stereocenters. The summed E-state index contributed by atoms with van der Waals surface area (Å²) in [5.41, 5.74) is 1.54. The fourth-order valence-corrected chi connectivity index (χ4v) is 2.20. The highest BCUT2D eigenvalue weighted by molar-refractivity contribution is 5.32. The monoisotopic (exact) mass is 274 g/mol. The summed E-state index contributed by atoms with van der Waals surface area (Å²) < 4.78 is 19.2. The lowest BCUT2D eigenvalue weighted by Crippen LogP contribution is -2.24. The Balaban J connectivity index is 2.25. The van der Waals surface area contributed by atoms with Crippen LogP contribution in [0.15, 0.2) is 42.6 Å². The lowest BCUT2D eigenvalue weighted by atomic mass is 10.0. The first-order valence-corrected chi connectivity index (χ1v) is 6.72. The smallest absolute Gasteiger partial charge is 0.168 e. The Bertz CT molecular complexity index is 545. The molecule has 2 aromatic rings. The SMILES string of the molecule is CCNC(Cc1cccc(OC)c1F)c1ccccn1. The molecule has 0 aliphatic rings. The number of likely N-dealkylation sites (N-methyl/N-ethyl adjacent to an activating group) is 1. The highest BCUT2D eigenvalue weighted by atomic mass is 19.1. The average Bonchev–Trinajstić information content (AvgIpc) is 2.49. The molecule has 3 nitrogen and oxygen atoms in total. The van der Waals surface area contributed by atoms with Crippen molar-refractivity contribution in [1.29, 1.82) is 0 Å². The van der Waals surface area contributed by atoms with Gasteiger partial charge in [-0.15, -0.1) is 0 Å². The number of aromatic nitrogens is 1. The van der Waals surface area contributed by atoms with Gasteiger partial charge in [-0.3, -0.25) is 4.98 Å². The number of nitrogens with zero attached hydrogens (tertiary/aromatic N) is 1. The van der Waals surface area contributed by atoms with E-state index in [1.165, 1.54) is 7.11 Å². The number of benzene rings is 1. The summed E-state index contributed by atoms with van der Waals surface area (Å²) in [6.07, 6.45) is 2.29. The first kappa shape index (κ1) is 14.5. The minimum Gasteiger partial charge on any atom is -0.494 e. The van der Waals surface area contributed by atoms with E-state index in [4.69, 9.17) is 4.74 Å². The zero-order valence-electron chi connectivity index (χ0n) is 11.8. The average molecular weight is 274 g/mol. The van der Waals surface area contributed by atoms with Crippen molar-refractivity contribution in [3.8, 4) is 5.75 Å². The van der Waals surface area contributed by atoms with Crippen LogP contribution in [0.2, 0.25) is 0 Å². The van der Waals surface area contributed by atoms with Gasteiger partial charge in [0.2, 0.25) is 0 Å². The number of ether oxygens (including phenoxy) is 1. The van der Waals surface area contributed by atoms with Gasteiger partial charge in [0.25, 0.3) is 0 Å². The first-order chi connectivity index (χ1) is 9.76. The number of methoxy groups -OCH3 is 1. The van der Waals surface area contributed by atoms with Crippen LogP contribution in [0.4, 0.5) is 4.39 Å². The van der Waals surface area contributed by atoms with E-state index in [2.05, 4.69) is 10.3 Å². The minimum absolute atomic E-state index is 0.0113. The fraction of sp³-hybridized carbons (Fsp3) is 0.312. The molecule has 106 valence electrons. The summed E-state index contributed by atoms with van der Waals surface area (Å²) in [6.45, 7) is 2.82. The van der Waals surface area contributed by atoms with Crippen LogP contribution in [0.3, 0.4) is 0 Å². The molecule has 0 aliphatic heterocycles. The summed E-state index contributed by atoms with van der Waals surface area (Å²) in [4.78, 5) is 4.35. The molecule has 1 aromatic carbocycles. The van der Waals surface area contributed by atoms with Crippen LogP contribution in [-0.4, -0.2) is 18.6 Å². The van der Waals surface area contributed by atoms with Gasteiger partial charge in [0, 0.05) is 6.20 Å². The number of rotatable bonds is 6. The summed E-state index contributed by atoms with van der Waals surface area (Å²) in [7, 11) is 1.47. The zero-order chi connectivity index (χ0) is 14.4. The molecule has 4 heteroatoms. The maximum absolute atomic E-state index is 14.2. The molecular formula is C16H19FN2O. The molecule has 2 rings (SSSR count). The Morgan fingerprint density at radius 2 is 2.10 bits per heavy atom. The van der Waals surface area contributed by atoms with E-state index in [9.17, 15) is 4.39 Å². The van der Waals surface area contributed by atoms with Gasteiger partial charge < -0.3 is 10.1 Å². The lowest BCUT2D eigenvalue weighted by Gasteiger charge is -2.18. The number of nitrogens with one attached hydrogen (secondary N) is 1. The van der Waals surface area contributed by atoms with Crippen molar-refractivity contribution in [2.75, 3.05) is 13.7 Å². The van der Waals surface area contributed by atoms with Gasteiger partial charge in [-0.05, 0) is 36.7 Å². The van der Waals surface area contributed by atoms with Crippen LogP contribution < -0.4 is 10.1 Å². The van der Waals surface area contributed by atoms with E-state index in [1.807, 2.05) is 25.1 Å². The Morgan fingerprint density at radius 3 is 2.75 bits per heavy atom. The second-order valence-electron chi connectivity index (χ2n) is 4.50. The Labute approximate surface area is 118 Å². The second-order valence-corrected chi connectivity index (χ2v) is 4.50. The normalized spacial score (nSPS) is 12.2. The van der Waals surface area contributed by atoms with Crippen molar-refractivity contribution < 1.29 is 9.13 Å². The molecule has 0 spiro atoms. The van der Waals surface area contributed by atoms with Gasteiger partial charge in [0.05, 0.1) is 18.8 Å². The quantitative estimate of drug-likeness (QED) is 0.878. The molecular weight excluding hydrogens is 255 g/mol. The molecule has 0 fully saturated rings. The Hall–Kier alpha value is -1.94. The van der Waals surface area contributed by atoms with Crippen LogP contribution >= 0.6 is 0 Å². The largest absolute Gasteiger partial charge is 0.494 e. The summed E-state index contributed by atoms with van der Waals surface area (Å²) in [6, 6.07) is 11.0. The maximum Gasteiger partial charge on any atom is 0.168 e. The van der Waals surface area contributed by atoms with Crippen LogP contribution in [0, 0.1) is 5.82 Å². The predicted molar refractivity (Wildman–Crippen MR) is 77.3 cm³/mol. The van der Waals surface area contributed by atoms with Crippen LogP contribution in [0.5, 0.6) is 5.75 Å². The van der Waals surface area contributed by atoms with Crippen molar-refractivity contribution in [2.24, 2.45) is 0 Å². The third kappa shape index (κ3) is 3.33. The van der Waals surface area contributed by atoms with Gasteiger partial charge in [-0.25, -0.2) is 4.39 Å². The van der Waals surface area contributed by atoms with Crippen LogP contribution in [0.25, 0.3) is 0 Å². The molecule has 0 saturated carbocycles. The number of halogens is 1. The van der Waals surface area contributed by atoms with E-state index >= 15 is 0 Å². The standard InChI is InChI=1S/C16H19FN2O/c1-3-18-14(13-8-4-5-10-19-13)11-12-7-6-9-15(20-2)16(12)17/h4-10,14,18H,3,11H2,1-2H3. The molecule has 0 aliphatic carbocycles.